The van der Waals surface area contributed by atoms with Gasteiger partial charge in [0.2, 0.25) is 0 Å². The second-order valence-corrected chi connectivity index (χ2v) is 2.70. The SMILES string of the molecule is CNCC1CCC(C)O1. The standard InChI is InChI=1S/C7H15NO/c1-6-3-4-7(9-6)5-8-2/h6-8H,3-5H2,1-2H3. The van der Waals surface area contributed by atoms with Gasteiger partial charge in [-0.2, -0.15) is 0 Å². The van der Waals surface area contributed by atoms with Crippen LogP contribution in [0.1, 0.15) is 19.8 Å². The van der Waals surface area contributed by atoms with Gasteiger partial charge in [-0.1, -0.05) is 0 Å². The Bertz CT molecular complexity index is 83.0. The summed E-state index contributed by atoms with van der Waals surface area (Å²) in [5.41, 5.74) is 0. The van der Waals surface area contributed by atoms with Crippen LogP contribution in [0.2, 0.25) is 0 Å². The fourth-order valence-electron chi connectivity index (χ4n) is 1.26. The summed E-state index contributed by atoms with van der Waals surface area (Å²) in [7, 11) is 1.96. The topological polar surface area (TPSA) is 21.3 Å². The van der Waals surface area contributed by atoms with E-state index in [0.29, 0.717) is 12.2 Å². The van der Waals surface area contributed by atoms with Gasteiger partial charge in [-0.05, 0) is 26.8 Å². The lowest BCUT2D eigenvalue weighted by molar-refractivity contribution is 0.0572. The average Bonchev–Trinajstić information content (AvgIpc) is 2.17. The molecule has 0 aromatic carbocycles. The molecule has 9 heavy (non-hydrogen) atoms. The molecule has 2 heteroatoms. The molecular weight excluding hydrogens is 114 g/mol. The van der Waals surface area contributed by atoms with E-state index in [1.54, 1.807) is 0 Å². The Morgan fingerprint density at radius 1 is 1.56 bits per heavy atom. The number of rotatable bonds is 2. The van der Waals surface area contributed by atoms with E-state index in [0.717, 1.165) is 6.54 Å². The van der Waals surface area contributed by atoms with E-state index in [1.807, 2.05) is 7.05 Å². The minimum absolute atomic E-state index is 0.477. The first-order valence-electron chi connectivity index (χ1n) is 3.63. The molecule has 1 fully saturated rings. The molecule has 2 nitrogen and oxygen atoms in total. The summed E-state index contributed by atoms with van der Waals surface area (Å²) in [6.07, 6.45) is 3.42. The van der Waals surface area contributed by atoms with Crippen molar-refractivity contribution in [2.45, 2.75) is 32.0 Å². The third-order valence-corrected chi connectivity index (χ3v) is 1.75. The molecule has 1 aliphatic rings. The molecular formula is C7H15NO. The van der Waals surface area contributed by atoms with Gasteiger partial charge in [0.15, 0.2) is 0 Å². The molecule has 0 aromatic rings. The van der Waals surface area contributed by atoms with Gasteiger partial charge in [-0.25, -0.2) is 0 Å². The predicted octanol–water partition coefficient (Wildman–Crippen LogP) is 0.773. The van der Waals surface area contributed by atoms with Crippen molar-refractivity contribution in [3.05, 3.63) is 0 Å². The van der Waals surface area contributed by atoms with Gasteiger partial charge in [0.1, 0.15) is 0 Å². The first kappa shape index (κ1) is 7.03. The van der Waals surface area contributed by atoms with E-state index in [4.69, 9.17) is 4.74 Å². The van der Waals surface area contributed by atoms with E-state index in [2.05, 4.69) is 12.2 Å². The zero-order valence-corrected chi connectivity index (χ0v) is 6.18. The molecule has 0 aromatic heterocycles. The lowest BCUT2D eigenvalue weighted by atomic mass is 10.2. The maximum absolute atomic E-state index is 5.54. The smallest absolute Gasteiger partial charge is 0.0703 e. The zero-order valence-electron chi connectivity index (χ0n) is 6.18. The highest BCUT2D eigenvalue weighted by Gasteiger charge is 2.20. The summed E-state index contributed by atoms with van der Waals surface area (Å²) < 4.78 is 5.54. The van der Waals surface area contributed by atoms with Crippen LogP contribution in [0.5, 0.6) is 0 Å². The quantitative estimate of drug-likeness (QED) is 0.594. The van der Waals surface area contributed by atoms with Gasteiger partial charge >= 0.3 is 0 Å². The second-order valence-electron chi connectivity index (χ2n) is 2.70. The van der Waals surface area contributed by atoms with Crippen molar-refractivity contribution in [3.8, 4) is 0 Å². The summed E-state index contributed by atoms with van der Waals surface area (Å²) in [4.78, 5) is 0. The largest absolute Gasteiger partial charge is 0.374 e. The fourth-order valence-corrected chi connectivity index (χ4v) is 1.26. The van der Waals surface area contributed by atoms with E-state index in [-0.39, 0.29) is 0 Å². The third-order valence-electron chi connectivity index (χ3n) is 1.75. The van der Waals surface area contributed by atoms with Crippen LogP contribution in [0.25, 0.3) is 0 Å². The lowest BCUT2D eigenvalue weighted by Crippen LogP contribution is -2.23. The molecule has 0 radical (unpaired) electrons. The molecule has 0 amide bonds. The number of nitrogens with one attached hydrogen (secondary N) is 1. The normalized spacial score (nSPS) is 35.3. The maximum atomic E-state index is 5.54. The molecule has 0 saturated carbocycles. The molecule has 2 unspecified atom stereocenters. The van der Waals surface area contributed by atoms with Crippen LogP contribution < -0.4 is 5.32 Å². The van der Waals surface area contributed by atoms with Crippen molar-refractivity contribution in [1.29, 1.82) is 0 Å². The molecule has 1 heterocycles. The molecule has 0 aliphatic carbocycles. The molecule has 1 saturated heterocycles. The molecule has 54 valence electrons. The second kappa shape index (κ2) is 3.18. The predicted molar refractivity (Wildman–Crippen MR) is 37.5 cm³/mol. The van der Waals surface area contributed by atoms with Gasteiger partial charge < -0.3 is 10.1 Å². The molecule has 0 bridgehead atoms. The summed E-state index contributed by atoms with van der Waals surface area (Å²) in [5.74, 6) is 0. The Kier molecular flexibility index (Phi) is 2.49. The highest BCUT2D eigenvalue weighted by atomic mass is 16.5. The van der Waals surface area contributed by atoms with Crippen molar-refractivity contribution in [2.75, 3.05) is 13.6 Å². The molecule has 2 atom stereocenters. The molecule has 0 spiro atoms. The molecule has 1 aliphatic heterocycles. The van der Waals surface area contributed by atoms with Crippen LogP contribution in [-0.2, 0) is 4.74 Å². The minimum Gasteiger partial charge on any atom is -0.374 e. The Morgan fingerprint density at radius 2 is 2.33 bits per heavy atom. The van der Waals surface area contributed by atoms with Crippen molar-refractivity contribution in [2.24, 2.45) is 0 Å². The highest BCUT2D eigenvalue weighted by molar-refractivity contribution is 4.71. The number of hydrogen-bond donors (Lipinski definition) is 1. The van der Waals surface area contributed by atoms with Crippen molar-refractivity contribution in [1.82, 2.24) is 5.32 Å². The van der Waals surface area contributed by atoms with Crippen LogP contribution in [0.4, 0.5) is 0 Å². The minimum atomic E-state index is 0.477. The molecule has 1 N–H and O–H groups in total. The average molecular weight is 129 g/mol. The van der Waals surface area contributed by atoms with Gasteiger partial charge in [0.05, 0.1) is 12.2 Å². The van der Waals surface area contributed by atoms with Crippen LogP contribution in [0.3, 0.4) is 0 Å². The van der Waals surface area contributed by atoms with Gasteiger partial charge in [0.25, 0.3) is 0 Å². The number of hydrogen-bond acceptors (Lipinski definition) is 2. The Hall–Kier alpha value is -0.0800. The monoisotopic (exact) mass is 129 g/mol. The maximum Gasteiger partial charge on any atom is 0.0703 e. The van der Waals surface area contributed by atoms with E-state index >= 15 is 0 Å². The van der Waals surface area contributed by atoms with Crippen molar-refractivity contribution >= 4 is 0 Å². The van der Waals surface area contributed by atoms with Crippen LogP contribution in [-0.4, -0.2) is 25.8 Å². The number of likely N-dealkylation sites (N-methyl/N-ethyl adjacent to an activating group) is 1. The molecule has 1 rings (SSSR count). The van der Waals surface area contributed by atoms with Gasteiger partial charge in [-0.15, -0.1) is 0 Å². The van der Waals surface area contributed by atoms with Crippen LogP contribution in [0, 0.1) is 0 Å². The Balaban J connectivity index is 2.14. The van der Waals surface area contributed by atoms with Gasteiger partial charge in [-0.3, -0.25) is 0 Å². The third kappa shape index (κ3) is 1.95. The van der Waals surface area contributed by atoms with E-state index in [1.165, 1.54) is 12.8 Å². The van der Waals surface area contributed by atoms with E-state index in [9.17, 15) is 0 Å². The lowest BCUT2D eigenvalue weighted by Gasteiger charge is -2.08. The number of ether oxygens (including phenoxy) is 1. The van der Waals surface area contributed by atoms with Crippen molar-refractivity contribution < 1.29 is 4.74 Å². The summed E-state index contributed by atoms with van der Waals surface area (Å²) in [6.45, 7) is 3.14. The van der Waals surface area contributed by atoms with Crippen LogP contribution >= 0.6 is 0 Å². The van der Waals surface area contributed by atoms with Crippen LogP contribution in [0.15, 0.2) is 0 Å². The Morgan fingerprint density at radius 3 is 2.78 bits per heavy atom. The first-order valence-corrected chi connectivity index (χ1v) is 3.63. The first-order chi connectivity index (χ1) is 4.33. The van der Waals surface area contributed by atoms with Gasteiger partial charge in [0, 0.05) is 6.54 Å². The summed E-state index contributed by atoms with van der Waals surface area (Å²) >= 11 is 0. The zero-order chi connectivity index (χ0) is 6.69. The van der Waals surface area contributed by atoms with E-state index < -0.39 is 0 Å². The van der Waals surface area contributed by atoms with Crippen molar-refractivity contribution in [3.63, 3.8) is 0 Å². The highest BCUT2D eigenvalue weighted by Crippen LogP contribution is 2.17. The fraction of sp³-hybridized carbons (Fsp3) is 1.00. The Labute approximate surface area is 56.6 Å². The summed E-state index contributed by atoms with van der Waals surface area (Å²) in [5, 5.41) is 3.11. The summed E-state index contributed by atoms with van der Waals surface area (Å²) in [6, 6.07) is 0.